The lowest BCUT2D eigenvalue weighted by atomic mass is 9.89. The molecule has 0 amide bonds. The van der Waals surface area contributed by atoms with Crippen LogP contribution >= 0.6 is 0 Å². The highest BCUT2D eigenvalue weighted by molar-refractivity contribution is 5.71. The fraction of sp³-hybridized carbons (Fsp3) is 0.750. The van der Waals surface area contributed by atoms with Crippen molar-refractivity contribution in [2.75, 3.05) is 6.61 Å². The number of carbonyl (C=O) groups is 1. The van der Waals surface area contributed by atoms with E-state index >= 15 is 0 Å². The molecule has 1 aliphatic heterocycles. The molecule has 1 fully saturated rings. The van der Waals surface area contributed by atoms with Crippen LogP contribution in [0.2, 0.25) is 0 Å². The van der Waals surface area contributed by atoms with Crippen molar-refractivity contribution in [3.05, 3.63) is 11.6 Å². The summed E-state index contributed by atoms with van der Waals surface area (Å²) in [6, 6.07) is 0. The summed E-state index contributed by atoms with van der Waals surface area (Å²) in [5, 5.41) is 0. The molecule has 0 spiro atoms. The van der Waals surface area contributed by atoms with Gasteiger partial charge in [-0.2, -0.15) is 0 Å². The molecule has 2 atom stereocenters. The minimum Gasteiger partial charge on any atom is -0.465 e. The molecule has 14 heavy (non-hydrogen) atoms. The standard InChI is InChI=1S/C12H20O2/c1-9(2)5-4-6-10(3)11-7-12(13)14-8-11/h5,10-11H,4,6-8H2,1-3H3/t10-,11+/m1/s1. The van der Waals surface area contributed by atoms with E-state index < -0.39 is 0 Å². The van der Waals surface area contributed by atoms with E-state index in [-0.39, 0.29) is 5.97 Å². The van der Waals surface area contributed by atoms with Gasteiger partial charge in [-0.3, -0.25) is 4.79 Å². The first-order chi connectivity index (χ1) is 6.59. The van der Waals surface area contributed by atoms with Crippen LogP contribution in [0.1, 0.15) is 40.0 Å². The number of esters is 1. The lowest BCUT2D eigenvalue weighted by Crippen LogP contribution is -2.11. The molecule has 0 aromatic rings. The topological polar surface area (TPSA) is 26.3 Å². The van der Waals surface area contributed by atoms with E-state index in [1.54, 1.807) is 0 Å². The van der Waals surface area contributed by atoms with Crippen molar-refractivity contribution in [1.29, 1.82) is 0 Å². The molecule has 2 nitrogen and oxygen atoms in total. The van der Waals surface area contributed by atoms with Crippen LogP contribution in [0.25, 0.3) is 0 Å². The van der Waals surface area contributed by atoms with E-state index in [2.05, 4.69) is 26.8 Å². The fourth-order valence-electron chi connectivity index (χ4n) is 1.77. The Labute approximate surface area is 86.3 Å². The molecular formula is C12H20O2. The lowest BCUT2D eigenvalue weighted by molar-refractivity contribution is -0.137. The average molecular weight is 196 g/mol. The molecule has 80 valence electrons. The Morgan fingerprint density at radius 2 is 2.36 bits per heavy atom. The van der Waals surface area contributed by atoms with Crippen LogP contribution in [-0.4, -0.2) is 12.6 Å². The number of hydrogen-bond acceptors (Lipinski definition) is 2. The van der Waals surface area contributed by atoms with Gasteiger partial charge >= 0.3 is 5.97 Å². The Bertz CT molecular complexity index is 226. The van der Waals surface area contributed by atoms with Crippen molar-refractivity contribution >= 4 is 5.97 Å². The SMILES string of the molecule is CC(C)=CCC[C@@H](C)[C@@H]1COC(=O)C1. The monoisotopic (exact) mass is 196 g/mol. The zero-order valence-corrected chi connectivity index (χ0v) is 9.38. The first kappa shape index (κ1) is 11.3. The van der Waals surface area contributed by atoms with Gasteiger partial charge in [0.2, 0.25) is 0 Å². The maximum absolute atomic E-state index is 10.9. The summed E-state index contributed by atoms with van der Waals surface area (Å²) in [6.45, 7) is 7.08. The van der Waals surface area contributed by atoms with Gasteiger partial charge in [-0.05, 0) is 32.6 Å². The highest BCUT2D eigenvalue weighted by Gasteiger charge is 2.27. The zero-order chi connectivity index (χ0) is 10.6. The zero-order valence-electron chi connectivity index (χ0n) is 9.38. The average Bonchev–Trinajstić information content (AvgIpc) is 2.51. The van der Waals surface area contributed by atoms with Gasteiger partial charge in [0.15, 0.2) is 0 Å². The quantitative estimate of drug-likeness (QED) is 0.510. The second-order valence-corrected chi connectivity index (χ2v) is 4.48. The molecule has 2 heteroatoms. The molecule has 1 heterocycles. The number of ether oxygens (including phenoxy) is 1. The largest absolute Gasteiger partial charge is 0.465 e. The van der Waals surface area contributed by atoms with Crippen LogP contribution in [0.3, 0.4) is 0 Å². The number of carbonyl (C=O) groups excluding carboxylic acids is 1. The van der Waals surface area contributed by atoms with E-state index in [9.17, 15) is 4.79 Å². The Morgan fingerprint density at radius 1 is 1.64 bits per heavy atom. The summed E-state index contributed by atoms with van der Waals surface area (Å²) >= 11 is 0. The molecule has 0 aliphatic carbocycles. The van der Waals surface area contributed by atoms with Crippen LogP contribution in [0.4, 0.5) is 0 Å². The Balaban J connectivity index is 2.25. The summed E-state index contributed by atoms with van der Waals surface area (Å²) in [5.74, 6) is 1.02. The highest BCUT2D eigenvalue weighted by Crippen LogP contribution is 2.26. The highest BCUT2D eigenvalue weighted by atomic mass is 16.5. The molecule has 0 aromatic heterocycles. The lowest BCUT2D eigenvalue weighted by Gasteiger charge is -2.14. The van der Waals surface area contributed by atoms with Crippen LogP contribution < -0.4 is 0 Å². The van der Waals surface area contributed by atoms with E-state index in [0.717, 1.165) is 12.8 Å². The Kier molecular flexibility index (Phi) is 4.18. The number of allylic oxidation sites excluding steroid dienone is 2. The van der Waals surface area contributed by atoms with Crippen molar-refractivity contribution in [1.82, 2.24) is 0 Å². The van der Waals surface area contributed by atoms with Crippen LogP contribution in [0, 0.1) is 11.8 Å². The van der Waals surface area contributed by atoms with Crippen molar-refractivity contribution in [3.8, 4) is 0 Å². The van der Waals surface area contributed by atoms with Crippen molar-refractivity contribution < 1.29 is 9.53 Å². The normalized spacial score (nSPS) is 23.1. The molecule has 0 bridgehead atoms. The van der Waals surface area contributed by atoms with Crippen LogP contribution in [0.5, 0.6) is 0 Å². The Morgan fingerprint density at radius 3 is 2.86 bits per heavy atom. The summed E-state index contributed by atoms with van der Waals surface area (Å²) < 4.78 is 4.96. The van der Waals surface area contributed by atoms with Crippen LogP contribution in [-0.2, 0) is 9.53 Å². The van der Waals surface area contributed by atoms with Crippen molar-refractivity contribution in [2.24, 2.45) is 11.8 Å². The van der Waals surface area contributed by atoms with Gasteiger partial charge in [-0.15, -0.1) is 0 Å². The maximum atomic E-state index is 10.9. The predicted molar refractivity (Wildman–Crippen MR) is 56.9 cm³/mol. The molecular weight excluding hydrogens is 176 g/mol. The maximum Gasteiger partial charge on any atom is 0.306 e. The van der Waals surface area contributed by atoms with Gasteiger partial charge in [0.05, 0.1) is 13.0 Å². The first-order valence-corrected chi connectivity index (χ1v) is 5.38. The minimum atomic E-state index is -0.0240. The molecule has 0 radical (unpaired) electrons. The van der Waals surface area contributed by atoms with Crippen molar-refractivity contribution in [3.63, 3.8) is 0 Å². The number of cyclic esters (lactones) is 1. The van der Waals surface area contributed by atoms with Gasteiger partial charge in [0.1, 0.15) is 0 Å². The number of rotatable bonds is 4. The summed E-state index contributed by atoms with van der Waals surface area (Å²) in [4.78, 5) is 10.9. The van der Waals surface area contributed by atoms with E-state index in [1.165, 1.54) is 5.57 Å². The second kappa shape index (κ2) is 5.18. The molecule has 0 unspecified atom stereocenters. The van der Waals surface area contributed by atoms with E-state index in [1.807, 2.05) is 0 Å². The smallest absolute Gasteiger partial charge is 0.306 e. The van der Waals surface area contributed by atoms with Crippen LogP contribution in [0.15, 0.2) is 11.6 Å². The van der Waals surface area contributed by atoms with E-state index in [0.29, 0.717) is 24.9 Å². The molecule has 0 saturated carbocycles. The molecule has 0 N–H and O–H groups in total. The molecule has 0 aromatic carbocycles. The predicted octanol–water partition coefficient (Wildman–Crippen LogP) is 2.93. The Hall–Kier alpha value is -0.790. The molecule has 1 rings (SSSR count). The third-order valence-electron chi connectivity index (χ3n) is 2.87. The summed E-state index contributed by atoms with van der Waals surface area (Å²) in [6.07, 6.45) is 5.16. The third kappa shape index (κ3) is 3.52. The molecule has 1 aliphatic rings. The summed E-state index contributed by atoms with van der Waals surface area (Å²) in [5.41, 5.74) is 1.37. The van der Waals surface area contributed by atoms with Gasteiger partial charge < -0.3 is 4.74 Å². The molecule has 1 saturated heterocycles. The third-order valence-corrected chi connectivity index (χ3v) is 2.87. The van der Waals surface area contributed by atoms with Gasteiger partial charge in [0.25, 0.3) is 0 Å². The summed E-state index contributed by atoms with van der Waals surface area (Å²) in [7, 11) is 0. The second-order valence-electron chi connectivity index (χ2n) is 4.48. The number of hydrogen-bond donors (Lipinski definition) is 0. The van der Waals surface area contributed by atoms with E-state index in [4.69, 9.17) is 4.74 Å². The van der Waals surface area contributed by atoms with Gasteiger partial charge in [-0.1, -0.05) is 18.6 Å². The minimum absolute atomic E-state index is 0.0240. The van der Waals surface area contributed by atoms with Crippen molar-refractivity contribution in [2.45, 2.75) is 40.0 Å². The first-order valence-electron chi connectivity index (χ1n) is 5.38. The van der Waals surface area contributed by atoms with Gasteiger partial charge in [-0.25, -0.2) is 0 Å². The fourth-order valence-corrected chi connectivity index (χ4v) is 1.77. The van der Waals surface area contributed by atoms with Gasteiger partial charge in [0, 0.05) is 5.92 Å².